The molecule has 0 bridgehead atoms. The number of rotatable bonds is 9. The van der Waals surface area contributed by atoms with Crippen LogP contribution in [0.2, 0.25) is 0 Å². The minimum atomic E-state index is -0.192. The monoisotopic (exact) mass is 479 g/mol. The molecule has 0 aliphatic carbocycles. The molecule has 0 spiro atoms. The van der Waals surface area contributed by atoms with Crippen molar-refractivity contribution >= 4 is 28.6 Å². The van der Waals surface area contributed by atoms with E-state index in [2.05, 4.69) is 27.1 Å². The van der Waals surface area contributed by atoms with Gasteiger partial charge in [0, 0.05) is 51.0 Å². The minimum absolute atomic E-state index is 0.000559. The van der Waals surface area contributed by atoms with E-state index in [9.17, 15) is 9.59 Å². The van der Waals surface area contributed by atoms with Gasteiger partial charge < -0.3 is 25.6 Å². The molecule has 1 fully saturated rings. The summed E-state index contributed by atoms with van der Waals surface area (Å²) in [5.74, 6) is 0.588. The molecule has 1 saturated heterocycles. The number of nitrogen functional groups attached to an aromatic ring is 1. The summed E-state index contributed by atoms with van der Waals surface area (Å²) in [6.45, 7) is 6.75. The topological polar surface area (TPSA) is 130 Å². The lowest BCUT2D eigenvalue weighted by molar-refractivity contribution is 0.0615. The number of unbranched alkanes of at least 4 members (excludes halogenated alkanes) is 1. The number of carbonyl (C=O) groups excluding carboxylic acids is 1. The Morgan fingerprint density at radius 1 is 1.11 bits per heavy atom. The predicted molar refractivity (Wildman–Crippen MR) is 137 cm³/mol. The summed E-state index contributed by atoms with van der Waals surface area (Å²) in [4.78, 5) is 38.6. The Hall–Kier alpha value is -3.50. The highest BCUT2D eigenvalue weighted by Gasteiger charge is 2.21. The number of aliphatic hydroxyl groups excluding tert-OH is 1. The van der Waals surface area contributed by atoms with Gasteiger partial charge in [-0.25, -0.2) is 4.98 Å². The molecule has 1 aromatic carbocycles. The van der Waals surface area contributed by atoms with E-state index in [1.807, 2.05) is 29.2 Å². The number of anilines is 2. The smallest absolute Gasteiger partial charge is 0.264 e. The van der Waals surface area contributed by atoms with Crippen molar-refractivity contribution in [3.05, 3.63) is 58.0 Å². The third-order valence-corrected chi connectivity index (χ3v) is 6.29. The molecule has 186 valence electrons. The van der Waals surface area contributed by atoms with Crippen LogP contribution in [0.3, 0.4) is 0 Å². The molecular formula is C25H33N7O3. The lowest BCUT2D eigenvalue weighted by atomic mass is 10.1. The van der Waals surface area contributed by atoms with Gasteiger partial charge in [-0.3, -0.25) is 14.5 Å². The Morgan fingerprint density at radius 2 is 1.86 bits per heavy atom. The number of nitrogens with two attached hydrogens (primary N) is 1. The molecule has 3 aromatic rings. The van der Waals surface area contributed by atoms with Gasteiger partial charge in [0.25, 0.3) is 11.5 Å². The molecule has 35 heavy (non-hydrogen) atoms. The lowest BCUT2D eigenvalue weighted by Gasteiger charge is -2.34. The number of hydrogen-bond donors (Lipinski definition) is 3. The molecule has 0 atom stereocenters. The summed E-state index contributed by atoms with van der Waals surface area (Å²) in [6, 6.07) is 9.16. The summed E-state index contributed by atoms with van der Waals surface area (Å²) in [5.41, 5.74) is 7.69. The van der Waals surface area contributed by atoms with Gasteiger partial charge in [0.1, 0.15) is 11.2 Å². The number of fused-ring (bicyclic) bond motifs is 1. The van der Waals surface area contributed by atoms with Crippen LogP contribution in [0.15, 0.2) is 41.3 Å². The van der Waals surface area contributed by atoms with Crippen molar-refractivity contribution in [2.45, 2.75) is 26.3 Å². The Labute approximate surface area is 204 Å². The highest BCUT2D eigenvalue weighted by Crippen LogP contribution is 2.18. The second-order valence-electron chi connectivity index (χ2n) is 8.77. The average Bonchev–Trinajstić information content (AvgIpc) is 2.86. The number of piperazine rings is 1. The maximum absolute atomic E-state index is 13.3. The highest BCUT2D eigenvalue weighted by atomic mass is 16.3. The van der Waals surface area contributed by atoms with Crippen molar-refractivity contribution in [3.63, 3.8) is 0 Å². The minimum Gasteiger partial charge on any atom is -0.395 e. The van der Waals surface area contributed by atoms with E-state index in [0.717, 1.165) is 31.5 Å². The van der Waals surface area contributed by atoms with Crippen molar-refractivity contribution in [2.24, 2.45) is 0 Å². The number of amides is 1. The van der Waals surface area contributed by atoms with Crippen LogP contribution < -0.4 is 16.6 Å². The van der Waals surface area contributed by atoms with Gasteiger partial charge >= 0.3 is 0 Å². The van der Waals surface area contributed by atoms with Crippen molar-refractivity contribution in [1.29, 1.82) is 0 Å². The van der Waals surface area contributed by atoms with E-state index >= 15 is 0 Å². The second kappa shape index (κ2) is 11.3. The molecule has 0 saturated carbocycles. The van der Waals surface area contributed by atoms with Gasteiger partial charge in [0.05, 0.1) is 18.7 Å². The van der Waals surface area contributed by atoms with Crippen molar-refractivity contribution < 1.29 is 9.90 Å². The van der Waals surface area contributed by atoms with Gasteiger partial charge in [0.15, 0.2) is 0 Å². The second-order valence-corrected chi connectivity index (χ2v) is 8.77. The quantitative estimate of drug-likeness (QED) is 0.393. The van der Waals surface area contributed by atoms with Gasteiger partial charge in [-0.2, -0.15) is 4.98 Å². The third kappa shape index (κ3) is 5.77. The molecule has 10 heteroatoms. The van der Waals surface area contributed by atoms with Crippen LogP contribution in [0, 0.1) is 0 Å². The van der Waals surface area contributed by atoms with E-state index in [4.69, 9.17) is 10.8 Å². The molecule has 1 aliphatic heterocycles. The fourth-order valence-electron chi connectivity index (χ4n) is 4.28. The zero-order valence-corrected chi connectivity index (χ0v) is 20.1. The molecular weight excluding hydrogens is 446 g/mol. The van der Waals surface area contributed by atoms with Crippen LogP contribution >= 0.6 is 0 Å². The van der Waals surface area contributed by atoms with Crippen LogP contribution in [0.4, 0.5) is 11.8 Å². The number of aliphatic hydroxyl groups is 1. The largest absolute Gasteiger partial charge is 0.395 e. The van der Waals surface area contributed by atoms with Crippen molar-refractivity contribution in [2.75, 3.05) is 56.9 Å². The number of aromatic nitrogens is 3. The number of benzene rings is 1. The van der Waals surface area contributed by atoms with E-state index in [1.54, 1.807) is 16.8 Å². The van der Waals surface area contributed by atoms with Gasteiger partial charge in [-0.1, -0.05) is 25.5 Å². The first-order valence-corrected chi connectivity index (χ1v) is 12.1. The zero-order chi connectivity index (χ0) is 24.8. The number of hydrogen-bond acceptors (Lipinski definition) is 8. The normalized spacial score (nSPS) is 14.4. The Balaban J connectivity index is 1.49. The van der Waals surface area contributed by atoms with Crippen LogP contribution in [0.25, 0.3) is 10.9 Å². The van der Waals surface area contributed by atoms with E-state index in [-0.39, 0.29) is 24.0 Å². The molecule has 4 rings (SSSR count). The summed E-state index contributed by atoms with van der Waals surface area (Å²) in [5, 5.41) is 12.7. The first-order valence-electron chi connectivity index (χ1n) is 12.1. The summed E-state index contributed by atoms with van der Waals surface area (Å²) < 4.78 is 1.62. The fraction of sp³-hybridized carbons (Fsp3) is 0.440. The molecule has 4 N–H and O–H groups in total. The Bertz CT molecular complexity index is 1220. The Morgan fingerprint density at radius 3 is 2.54 bits per heavy atom. The van der Waals surface area contributed by atoms with E-state index in [1.165, 1.54) is 0 Å². The Kier molecular flexibility index (Phi) is 7.94. The SMILES string of the molecule is CCCCNc1nc(N)nc2ccn(Cc3ccc(C(=O)N4CCN(CCO)CC4)cc3)c(=O)c12. The first kappa shape index (κ1) is 24.6. The highest BCUT2D eigenvalue weighted by molar-refractivity contribution is 5.94. The number of nitrogens with one attached hydrogen (secondary N) is 1. The van der Waals surface area contributed by atoms with Crippen molar-refractivity contribution in [3.8, 4) is 0 Å². The summed E-state index contributed by atoms with van der Waals surface area (Å²) in [7, 11) is 0. The number of nitrogens with zero attached hydrogens (tertiary/aromatic N) is 5. The van der Waals surface area contributed by atoms with Crippen LogP contribution in [0.5, 0.6) is 0 Å². The standard InChI is InChI=1S/C25H33N7O3/c1-2-3-9-27-22-21-20(28-25(26)29-22)8-10-32(24(21)35)17-18-4-6-19(7-5-18)23(34)31-13-11-30(12-14-31)15-16-33/h4-8,10,33H,2-3,9,11-17H2,1H3,(H3,26,27,28,29). The van der Waals surface area contributed by atoms with Crippen LogP contribution in [-0.2, 0) is 6.54 Å². The maximum atomic E-state index is 13.3. The average molecular weight is 480 g/mol. The van der Waals surface area contributed by atoms with Crippen molar-refractivity contribution in [1.82, 2.24) is 24.3 Å². The maximum Gasteiger partial charge on any atom is 0.264 e. The summed E-state index contributed by atoms with van der Waals surface area (Å²) in [6.07, 6.45) is 3.68. The molecule has 3 heterocycles. The van der Waals surface area contributed by atoms with Crippen LogP contribution in [-0.4, -0.2) is 81.2 Å². The van der Waals surface area contributed by atoms with E-state index in [0.29, 0.717) is 55.0 Å². The molecule has 2 aromatic heterocycles. The molecule has 1 aliphatic rings. The predicted octanol–water partition coefficient (Wildman–Crippen LogP) is 1.38. The number of β-amino-alcohol motifs (C(OH)–C–C–N with tert-alkyl or cyclic N) is 1. The first-order chi connectivity index (χ1) is 17.0. The third-order valence-electron chi connectivity index (χ3n) is 6.29. The van der Waals surface area contributed by atoms with Gasteiger partial charge in [-0.05, 0) is 30.2 Å². The molecule has 10 nitrogen and oxygen atoms in total. The van der Waals surface area contributed by atoms with Gasteiger partial charge in [0.2, 0.25) is 5.95 Å². The van der Waals surface area contributed by atoms with Gasteiger partial charge in [-0.15, -0.1) is 0 Å². The van der Waals surface area contributed by atoms with Crippen LogP contribution in [0.1, 0.15) is 35.7 Å². The summed E-state index contributed by atoms with van der Waals surface area (Å²) >= 11 is 0. The zero-order valence-electron chi connectivity index (χ0n) is 20.1. The molecule has 0 radical (unpaired) electrons. The number of carbonyl (C=O) groups is 1. The van der Waals surface area contributed by atoms with E-state index < -0.39 is 0 Å². The molecule has 0 unspecified atom stereocenters. The fourth-order valence-corrected chi connectivity index (χ4v) is 4.28. The number of pyridine rings is 1. The lowest BCUT2D eigenvalue weighted by Crippen LogP contribution is -2.49. The molecule has 1 amide bonds.